The third-order valence-electron chi connectivity index (χ3n) is 2.36. The van der Waals surface area contributed by atoms with E-state index in [0.717, 1.165) is 12.1 Å². The summed E-state index contributed by atoms with van der Waals surface area (Å²) < 4.78 is 12.9. The summed E-state index contributed by atoms with van der Waals surface area (Å²) in [7, 11) is 0. The zero-order valence-corrected chi connectivity index (χ0v) is 10.6. The van der Waals surface area contributed by atoms with Crippen LogP contribution in [0.15, 0.2) is 29.8 Å². The van der Waals surface area contributed by atoms with Gasteiger partial charge >= 0.3 is 0 Å². The Labute approximate surface area is 101 Å². The van der Waals surface area contributed by atoms with E-state index < -0.39 is 0 Å². The molecule has 1 unspecified atom stereocenters. The Kier molecular flexibility index (Phi) is 4.97. The smallest absolute Gasteiger partial charge is 0.124 e. The van der Waals surface area contributed by atoms with E-state index in [1.54, 1.807) is 6.07 Å². The van der Waals surface area contributed by atoms with Gasteiger partial charge in [0.15, 0.2) is 0 Å². The summed E-state index contributed by atoms with van der Waals surface area (Å²) in [6.07, 6.45) is 2.11. The van der Waals surface area contributed by atoms with Crippen LogP contribution in [0.3, 0.4) is 0 Å². The highest BCUT2D eigenvalue weighted by Gasteiger charge is 2.08. The van der Waals surface area contributed by atoms with Crippen LogP contribution in [0.5, 0.6) is 0 Å². The van der Waals surface area contributed by atoms with Crippen molar-refractivity contribution in [1.82, 2.24) is 5.32 Å². The zero-order valence-electron chi connectivity index (χ0n) is 9.85. The van der Waals surface area contributed by atoms with Crippen LogP contribution in [0, 0.1) is 5.82 Å². The van der Waals surface area contributed by atoms with Crippen molar-refractivity contribution < 1.29 is 4.39 Å². The number of hydrogen-bond acceptors (Lipinski definition) is 1. The second kappa shape index (κ2) is 6.02. The number of nitrogens with one attached hydrogen (secondary N) is 1. The van der Waals surface area contributed by atoms with Gasteiger partial charge in [-0.25, -0.2) is 4.39 Å². The summed E-state index contributed by atoms with van der Waals surface area (Å²) in [5, 5.41) is 3.78. The van der Waals surface area contributed by atoms with Crippen molar-refractivity contribution in [2.45, 2.75) is 26.8 Å². The van der Waals surface area contributed by atoms with Crippen molar-refractivity contribution in [1.29, 1.82) is 0 Å². The topological polar surface area (TPSA) is 12.0 Å². The van der Waals surface area contributed by atoms with E-state index in [1.165, 1.54) is 17.7 Å². The minimum Gasteiger partial charge on any atom is -0.307 e. The van der Waals surface area contributed by atoms with E-state index in [1.807, 2.05) is 6.92 Å². The monoisotopic (exact) mass is 241 g/mol. The molecule has 0 saturated carbocycles. The second-order valence-corrected chi connectivity index (χ2v) is 4.48. The maximum atomic E-state index is 12.9. The van der Waals surface area contributed by atoms with Crippen LogP contribution in [0.2, 0.25) is 5.02 Å². The van der Waals surface area contributed by atoms with Crippen molar-refractivity contribution in [3.8, 4) is 0 Å². The van der Waals surface area contributed by atoms with Crippen LogP contribution in [-0.4, -0.2) is 6.54 Å². The highest BCUT2D eigenvalue weighted by molar-refractivity contribution is 6.31. The lowest BCUT2D eigenvalue weighted by molar-refractivity contribution is 0.605. The van der Waals surface area contributed by atoms with Gasteiger partial charge in [-0.2, -0.15) is 0 Å². The summed E-state index contributed by atoms with van der Waals surface area (Å²) in [6, 6.07) is 4.61. The summed E-state index contributed by atoms with van der Waals surface area (Å²) in [4.78, 5) is 0. The maximum absolute atomic E-state index is 12.9. The molecule has 1 aromatic carbocycles. The van der Waals surface area contributed by atoms with Gasteiger partial charge in [0.2, 0.25) is 0 Å². The van der Waals surface area contributed by atoms with Crippen molar-refractivity contribution in [2.75, 3.05) is 6.54 Å². The molecule has 1 atom stereocenters. The van der Waals surface area contributed by atoms with E-state index in [-0.39, 0.29) is 11.9 Å². The lowest BCUT2D eigenvalue weighted by atomic mass is 10.1. The first-order valence-electron chi connectivity index (χ1n) is 5.32. The first kappa shape index (κ1) is 13.2. The predicted molar refractivity (Wildman–Crippen MR) is 67.3 cm³/mol. The fraction of sp³-hybridized carbons (Fsp3) is 0.385. The fourth-order valence-electron chi connectivity index (χ4n) is 1.40. The standard InChI is InChI=1S/C13H17ClFN/c1-9(2)6-7-16-10(3)12-5-4-11(15)8-13(12)14/h4-6,8,10,16H,7H2,1-3H3. The molecule has 0 fully saturated rings. The molecule has 0 saturated heterocycles. The van der Waals surface area contributed by atoms with Gasteiger partial charge in [-0.05, 0) is 38.5 Å². The first-order valence-corrected chi connectivity index (χ1v) is 5.70. The number of hydrogen-bond donors (Lipinski definition) is 1. The molecule has 0 amide bonds. The lowest BCUT2D eigenvalue weighted by Gasteiger charge is -2.14. The summed E-state index contributed by atoms with van der Waals surface area (Å²) in [5.74, 6) is -0.301. The molecule has 0 aliphatic carbocycles. The van der Waals surface area contributed by atoms with Gasteiger partial charge in [-0.3, -0.25) is 0 Å². The molecule has 1 N–H and O–H groups in total. The Morgan fingerprint density at radius 3 is 2.75 bits per heavy atom. The summed E-state index contributed by atoms with van der Waals surface area (Å²) in [6.45, 7) is 6.91. The average Bonchev–Trinajstić information content (AvgIpc) is 2.16. The second-order valence-electron chi connectivity index (χ2n) is 4.08. The van der Waals surface area contributed by atoms with E-state index in [4.69, 9.17) is 11.6 Å². The number of benzene rings is 1. The molecule has 1 rings (SSSR count). The molecule has 16 heavy (non-hydrogen) atoms. The molecule has 0 spiro atoms. The Bertz CT molecular complexity index is 384. The predicted octanol–water partition coefficient (Wildman–Crippen LogP) is 4.10. The molecule has 0 bridgehead atoms. The van der Waals surface area contributed by atoms with E-state index in [0.29, 0.717) is 5.02 Å². The maximum Gasteiger partial charge on any atom is 0.124 e. The van der Waals surface area contributed by atoms with E-state index in [2.05, 4.69) is 25.2 Å². The number of allylic oxidation sites excluding steroid dienone is 1. The minimum absolute atomic E-state index is 0.115. The fourth-order valence-corrected chi connectivity index (χ4v) is 1.73. The third-order valence-corrected chi connectivity index (χ3v) is 2.69. The normalized spacial score (nSPS) is 12.3. The summed E-state index contributed by atoms with van der Waals surface area (Å²) in [5.41, 5.74) is 2.19. The molecule has 0 aromatic heterocycles. The van der Waals surface area contributed by atoms with Crippen molar-refractivity contribution in [2.24, 2.45) is 0 Å². The number of halogens is 2. The van der Waals surface area contributed by atoms with Gasteiger partial charge in [0.25, 0.3) is 0 Å². The van der Waals surface area contributed by atoms with Crippen molar-refractivity contribution in [3.05, 3.63) is 46.3 Å². The molecule has 0 radical (unpaired) electrons. The van der Waals surface area contributed by atoms with Crippen LogP contribution in [-0.2, 0) is 0 Å². The zero-order chi connectivity index (χ0) is 12.1. The molecular weight excluding hydrogens is 225 g/mol. The van der Waals surface area contributed by atoms with Gasteiger partial charge in [0, 0.05) is 17.6 Å². The van der Waals surface area contributed by atoms with Crippen LogP contribution in [0.1, 0.15) is 32.4 Å². The van der Waals surface area contributed by atoms with Gasteiger partial charge in [-0.1, -0.05) is 29.3 Å². The first-order chi connectivity index (χ1) is 7.50. The van der Waals surface area contributed by atoms with Crippen LogP contribution < -0.4 is 5.32 Å². The Morgan fingerprint density at radius 2 is 2.19 bits per heavy atom. The molecular formula is C13H17ClFN. The van der Waals surface area contributed by atoms with Crippen LogP contribution >= 0.6 is 11.6 Å². The molecule has 3 heteroatoms. The average molecular weight is 242 g/mol. The molecule has 1 aromatic rings. The molecule has 88 valence electrons. The largest absolute Gasteiger partial charge is 0.307 e. The highest BCUT2D eigenvalue weighted by atomic mass is 35.5. The SMILES string of the molecule is CC(C)=CCNC(C)c1ccc(F)cc1Cl. The van der Waals surface area contributed by atoms with Crippen molar-refractivity contribution >= 4 is 11.6 Å². The summed E-state index contributed by atoms with van der Waals surface area (Å²) >= 11 is 5.97. The number of rotatable bonds is 4. The molecule has 1 nitrogen and oxygen atoms in total. The van der Waals surface area contributed by atoms with Crippen LogP contribution in [0.25, 0.3) is 0 Å². The molecule has 0 heterocycles. The molecule has 0 aliphatic heterocycles. The van der Waals surface area contributed by atoms with Crippen LogP contribution in [0.4, 0.5) is 4.39 Å². The van der Waals surface area contributed by atoms with Gasteiger partial charge in [0.05, 0.1) is 0 Å². The third kappa shape index (κ3) is 3.95. The Hall–Kier alpha value is -0.860. The highest BCUT2D eigenvalue weighted by Crippen LogP contribution is 2.23. The van der Waals surface area contributed by atoms with E-state index in [9.17, 15) is 4.39 Å². The Morgan fingerprint density at radius 1 is 1.50 bits per heavy atom. The minimum atomic E-state index is -0.301. The van der Waals surface area contributed by atoms with Gasteiger partial charge in [-0.15, -0.1) is 0 Å². The van der Waals surface area contributed by atoms with Gasteiger partial charge < -0.3 is 5.32 Å². The van der Waals surface area contributed by atoms with E-state index >= 15 is 0 Å². The molecule has 0 aliphatic rings. The van der Waals surface area contributed by atoms with Crippen molar-refractivity contribution in [3.63, 3.8) is 0 Å². The van der Waals surface area contributed by atoms with Gasteiger partial charge in [0.1, 0.15) is 5.82 Å². The lowest BCUT2D eigenvalue weighted by Crippen LogP contribution is -2.19. The Balaban J connectivity index is 2.66. The quantitative estimate of drug-likeness (QED) is 0.783.